The number of esters is 1. The summed E-state index contributed by atoms with van der Waals surface area (Å²) in [6, 6.07) is 5.29. The molecule has 47 heavy (non-hydrogen) atoms. The molecule has 1 aliphatic rings. The molecule has 0 bridgehead atoms. The number of aromatic amines is 1. The van der Waals surface area contributed by atoms with E-state index in [1.807, 2.05) is 26.1 Å². The molecular formula is C33H47N5O8S. The highest BCUT2D eigenvalue weighted by molar-refractivity contribution is 7.89. The Labute approximate surface area is 275 Å². The lowest BCUT2D eigenvalue weighted by atomic mass is 10.0. The molecule has 3 N–H and O–H groups in total. The van der Waals surface area contributed by atoms with Gasteiger partial charge in [0.1, 0.15) is 11.1 Å². The molecule has 0 radical (unpaired) electrons. The molecule has 1 saturated carbocycles. The number of rotatable bonds is 12. The van der Waals surface area contributed by atoms with Crippen LogP contribution in [0.1, 0.15) is 66.4 Å². The third-order valence-electron chi connectivity index (χ3n) is 7.46. The molecule has 13 nitrogen and oxygen atoms in total. The van der Waals surface area contributed by atoms with Crippen LogP contribution in [0.15, 0.2) is 29.2 Å². The van der Waals surface area contributed by atoms with E-state index in [1.165, 1.54) is 7.11 Å². The summed E-state index contributed by atoms with van der Waals surface area (Å²) in [5.74, 6) is -0.226. The number of sulfone groups is 1. The van der Waals surface area contributed by atoms with Gasteiger partial charge in [-0.25, -0.2) is 18.0 Å². The zero-order valence-corrected chi connectivity index (χ0v) is 29.3. The molecule has 4 rings (SSSR count). The predicted molar refractivity (Wildman–Crippen MR) is 181 cm³/mol. The average Bonchev–Trinajstić information content (AvgIpc) is 3.73. The Morgan fingerprint density at radius 1 is 1.17 bits per heavy atom. The number of carbonyl (C=O) groups is 3. The molecule has 1 fully saturated rings. The van der Waals surface area contributed by atoms with Gasteiger partial charge in [0.15, 0.2) is 9.84 Å². The topological polar surface area (TPSA) is 169 Å². The minimum atomic E-state index is -3.32. The predicted octanol–water partition coefficient (Wildman–Crippen LogP) is 3.49. The molecule has 2 amide bonds. The number of methoxy groups -OCH3 is 1. The summed E-state index contributed by atoms with van der Waals surface area (Å²) in [5.41, 5.74) is 4.54. The van der Waals surface area contributed by atoms with Crippen LogP contribution in [0, 0.1) is 19.8 Å². The molecular weight excluding hydrogens is 626 g/mol. The number of hydrogen-bond acceptors (Lipinski definition) is 9. The quantitative estimate of drug-likeness (QED) is 0.148. The van der Waals surface area contributed by atoms with Crippen LogP contribution in [0.3, 0.4) is 0 Å². The van der Waals surface area contributed by atoms with Gasteiger partial charge in [-0.1, -0.05) is 6.07 Å². The minimum Gasteiger partial charge on any atom is -0.465 e. The van der Waals surface area contributed by atoms with E-state index >= 15 is 0 Å². The van der Waals surface area contributed by atoms with E-state index in [4.69, 9.17) is 9.47 Å². The van der Waals surface area contributed by atoms with Crippen molar-refractivity contribution in [1.82, 2.24) is 20.2 Å². The second-order valence-corrected chi connectivity index (χ2v) is 15.1. The van der Waals surface area contributed by atoms with Gasteiger partial charge in [0.2, 0.25) is 6.41 Å². The molecule has 0 atom stereocenters. The molecule has 0 aliphatic heterocycles. The first-order valence-corrected chi connectivity index (χ1v) is 17.4. The third-order valence-corrected chi connectivity index (χ3v) is 8.30. The SMILES string of the molecule is CC(C)(C)OC(=O)NCCNC=O.COC(=O)c1cc(N(Cc2c(C)[nH]c3c(=O)n(C)cc(C)c23)CC2CC2)ccc1CS(C)(=O)=O. The monoisotopic (exact) mass is 673 g/mol. The first-order chi connectivity index (χ1) is 21.9. The van der Waals surface area contributed by atoms with Crippen LogP contribution in [0.4, 0.5) is 10.5 Å². The number of amides is 2. The number of anilines is 1. The maximum absolute atomic E-state index is 12.7. The van der Waals surface area contributed by atoms with E-state index in [2.05, 4.69) is 20.5 Å². The van der Waals surface area contributed by atoms with Gasteiger partial charge >= 0.3 is 12.1 Å². The standard InChI is InChI=1S/C25H31N3O5S.C8H16N2O3/c1-15-11-27(3)24(29)23-22(15)21(16(2)26-23)13-28(12-17-6-7-17)19-9-8-18(14-34(5,31)32)20(10-19)25(30)33-4;1-8(2,3)13-7(12)10-5-4-9-6-11/h8-11,17,26H,6-7,12-14H2,1-5H3;6H,4-5H2,1-3H3,(H,9,11)(H,10,12). The number of pyridine rings is 1. The van der Waals surface area contributed by atoms with Crippen molar-refractivity contribution in [3.05, 3.63) is 62.7 Å². The van der Waals surface area contributed by atoms with Crippen molar-refractivity contribution in [3.8, 4) is 0 Å². The number of aromatic nitrogens is 2. The second-order valence-electron chi connectivity index (χ2n) is 12.9. The highest BCUT2D eigenvalue weighted by atomic mass is 32.2. The highest BCUT2D eigenvalue weighted by Crippen LogP contribution is 2.34. The zero-order valence-electron chi connectivity index (χ0n) is 28.5. The summed E-state index contributed by atoms with van der Waals surface area (Å²) >= 11 is 0. The van der Waals surface area contributed by atoms with Crippen molar-refractivity contribution in [2.24, 2.45) is 13.0 Å². The average molecular weight is 674 g/mol. The van der Waals surface area contributed by atoms with E-state index < -0.39 is 27.5 Å². The van der Waals surface area contributed by atoms with Gasteiger partial charge in [-0.15, -0.1) is 0 Å². The van der Waals surface area contributed by atoms with Crippen LogP contribution in [-0.4, -0.2) is 75.0 Å². The number of ether oxygens (including phenoxy) is 2. The summed E-state index contributed by atoms with van der Waals surface area (Å²) in [6.45, 7) is 11.5. The molecule has 2 aromatic heterocycles. The molecule has 1 aromatic carbocycles. The lowest BCUT2D eigenvalue weighted by Gasteiger charge is -2.26. The second kappa shape index (κ2) is 15.5. The van der Waals surface area contributed by atoms with E-state index in [0.717, 1.165) is 53.5 Å². The van der Waals surface area contributed by atoms with Crippen molar-refractivity contribution in [2.75, 3.05) is 37.9 Å². The Morgan fingerprint density at radius 3 is 2.43 bits per heavy atom. The fraction of sp³-hybridized carbons (Fsp3) is 0.515. The molecule has 0 saturated heterocycles. The van der Waals surface area contributed by atoms with Crippen LogP contribution < -0.4 is 21.1 Å². The van der Waals surface area contributed by atoms with Crippen LogP contribution in [0.25, 0.3) is 10.9 Å². The Bertz CT molecular complexity index is 1770. The normalized spacial score (nSPS) is 12.9. The van der Waals surface area contributed by atoms with Crippen LogP contribution in [-0.2, 0) is 43.5 Å². The Balaban J connectivity index is 0.000000392. The van der Waals surface area contributed by atoms with Crippen molar-refractivity contribution in [3.63, 3.8) is 0 Å². The summed E-state index contributed by atoms with van der Waals surface area (Å²) in [7, 11) is -0.286. The lowest BCUT2D eigenvalue weighted by molar-refractivity contribution is -0.109. The number of benzene rings is 1. The number of H-pyrrole nitrogens is 1. The Hall–Kier alpha value is -4.33. The number of hydrogen-bond donors (Lipinski definition) is 3. The van der Waals surface area contributed by atoms with E-state index in [9.17, 15) is 27.6 Å². The maximum atomic E-state index is 12.7. The first-order valence-electron chi connectivity index (χ1n) is 15.4. The zero-order chi connectivity index (χ0) is 35.1. The van der Waals surface area contributed by atoms with E-state index in [1.54, 1.807) is 44.5 Å². The highest BCUT2D eigenvalue weighted by Gasteiger charge is 2.27. The number of fused-ring (bicyclic) bond motifs is 1. The fourth-order valence-electron chi connectivity index (χ4n) is 5.19. The van der Waals surface area contributed by atoms with Gasteiger partial charge in [-0.05, 0) is 76.6 Å². The first kappa shape index (κ1) is 37.1. The number of carbonyl (C=O) groups excluding carboxylic acids is 3. The molecule has 2 heterocycles. The van der Waals surface area contributed by atoms with Gasteiger partial charge in [0.05, 0.1) is 18.4 Å². The van der Waals surface area contributed by atoms with Gasteiger partial charge < -0.3 is 34.6 Å². The van der Waals surface area contributed by atoms with Gasteiger partial charge in [-0.3, -0.25) is 9.59 Å². The fourth-order valence-corrected chi connectivity index (χ4v) is 6.01. The van der Waals surface area contributed by atoms with Crippen LogP contribution >= 0.6 is 0 Å². The van der Waals surface area contributed by atoms with Crippen LogP contribution in [0.2, 0.25) is 0 Å². The Kier molecular flexibility index (Phi) is 12.3. The number of alkyl carbamates (subject to hydrolysis) is 1. The van der Waals surface area contributed by atoms with Crippen molar-refractivity contribution < 1.29 is 32.3 Å². The van der Waals surface area contributed by atoms with Crippen LogP contribution in [0.5, 0.6) is 0 Å². The summed E-state index contributed by atoms with van der Waals surface area (Å²) in [5, 5.41) is 5.84. The molecule has 3 aromatic rings. The number of nitrogens with zero attached hydrogens (tertiary/aromatic N) is 2. The summed E-state index contributed by atoms with van der Waals surface area (Å²) in [4.78, 5) is 51.5. The maximum Gasteiger partial charge on any atom is 0.407 e. The van der Waals surface area contributed by atoms with E-state index in [0.29, 0.717) is 43.0 Å². The van der Waals surface area contributed by atoms with Gasteiger partial charge in [0, 0.05) is 68.0 Å². The molecule has 0 spiro atoms. The van der Waals surface area contributed by atoms with Gasteiger partial charge in [-0.2, -0.15) is 0 Å². The molecule has 1 aliphatic carbocycles. The summed E-state index contributed by atoms with van der Waals surface area (Å²) < 4.78 is 35.3. The van der Waals surface area contributed by atoms with Crippen molar-refractivity contribution in [2.45, 2.75) is 65.4 Å². The molecule has 258 valence electrons. The minimum absolute atomic E-state index is 0.0678. The smallest absolute Gasteiger partial charge is 0.407 e. The number of nitrogens with one attached hydrogen (secondary N) is 3. The lowest BCUT2D eigenvalue weighted by Crippen LogP contribution is -2.36. The van der Waals surface area contributed by atoms with Gasteiger partial charge in [0.25, 0.3) is 5.56 Å². The van der Waals surface area contributed by atoms with E-state index in [-0.39, 0.29) is 16.9 Å². The molecule has 0 unspecified atom stereocenters. The molecule has 14 heteroatoms. The summed E-state index contributed by atoms with van der Waals surface area (Å²) in [6.07, 6.45) is 5.41. The largest absolute Gasteiger partial charge is 0.465 e. The number of aryl methyl sites for hydroxylation is 3. The third kappa shape index (κ3) is 10.9. The van der Waals surface area contributed by atoms with Crippen molar-refractivity contribution >= 4 is 44.9 Å². The van der Waals surface area contributed by atoms with Crippen molar-refractivity contribution in [1.29, 1.82) is 0 Å². The Morgan fingerprint density at radius 2 is 1.85 bits per heavy atom.